The van der Waals surface area contributed by atoms with Crippen LogP contribution in [0.2, 0.25) is 0 Å². The normalized spacial score (nSPS) is 16.8. The molecule has 1 saturated heterocycles. The summed E-state index contributed by atoms with van der Waals surface area (Å²) in [7, 11) is 3.16. The zero-order chi connectivity index (χ0) is 19.4. The van der Waals surface area contributed by atoms with E-state index in [9.17, 15) is 9.59 Å². The van der Waals surface area contributed by atoms with Crippen LogP contribution < -0.4 is 15.2 Å². The van der Waals surface area contributed by atoms with Crippen LogP contribution in [0.4, 0.5) is 0 Å². The number of morpholine rings is 1. The number of benzene rings is 1. The van der Waals surface area contributed by atoms with Gasteiger partial charge in [-0.15, -0.1) is 11.3 Å². The molecule has 1 aliphatic rings. The predicted molar refractivity (Wildman–Crippen MR) is 99.9 cm³/mol. The number of aromatic nitrogens is 1. The maximum absolute atomic E-state index is 12.5. The zero-order valence-electron chi connectivity index (χ0n) is 15.1. The first kappa shape index (κ1) is 19.1. The van der Waals surface area contributed by atoms with Crippen LogP contribution in [0.25, 0.3) is 10.6 Å². The molecule has 1 aromatic heterocycles. The van der Waals surface area contributed by atoms with Gasteiger partial charge in [-0.2, -0.15) is 0 Å². The highest BCUT2D eigenvalue weighted by molar-refractivity contribution is 7.13. The lowest BCUT2D eigenvalue weighted by Crippen LogP contribution is -2.50. The summed E-state index contributed by atoms with van der Waals surface area (Å²) in [6.07, 6.45) is -0.588. The number of methoxy groups -OCH3 is 2. The first-order chi connectivity index (χ1) is 13.0. The highest BCUT2D eigenvalue weighted by atomic mass is 32.1. The molecule has 27 heavy (non-hydrogen) atoms. The summed E-state index contributed by atoms with van der Waals surface area (Å²) in [5.74, 6) is 0.601. The van der Waals surface area contributed by atoms with Crippen molar-refractivity contribution in [2.75, 3.05) is 33.9 Å². The molecule has 1 aliphatic heterocycles. The van der Waals surface area contributed by atoms with E-state index >= 15 is 0 Å². The second kappa shape index (κ2) is 8.36. The van der Waals surface area contributed by atoms with E-state index in [4.69, 9.17) is 19.9 Å². The zero-order valence-corrected chi connectivity index (χ0v) is 16.0. The monoisotopic (exact) mass is 391 g/mol. The van der Waals surface area contributed by atoms with E-state index < -0.39 is 12.0 Å². The molecule has 9 heteroatoms. The number of carbonyl (C=O) groups is 2. The fourth-order valence-electron chi connectivity index (χ4n) is 2.80. The fraction of sp³-hybridized carbons (Fsp3) is 0.389. The number of nitrogens with two attached hydrogens (primary N) is 1. The molecule has 3 rings (SSSR count). The van der Waals surface area contributed by atoms with E-state index in [1.165, 1.54) is 11.3 Å². The van der Waals surface area contributed by atoms with Crippen molar-refractivity contribution in [2.45, 2.75) is 12.5 Å². The molecule has 2 aromatic rings. The summed E-state index contributed by atoms with van der Waals surface area (Å²) in [6, 6.07) is 5.56. The number of ether oxygens (including phenoxy) is 3. The van der Waals surface area contributed by atoms with E-state index in [0.29, 0.717) is 30.3 Å². The summed E-state index contributed by atoms with van der Waals surface area (Å²) in [5, 5.41) is 2.64. The number of amides is 2. The van der Waals surface area contributed by atoms with Crippen molar-refractivity contribution in [1.29, 1.82) is 0 Å². The maximum Gasteiger partial charge on any atom is 0.248 e. The van der Waals surface area contributed by atoms with Gasteiger partial charge in [-0.05, 0) is 18.2 Å². The Hall–Kier alpha value is -2.65. The number of carbonyl (C=O) groups excluding carboxylic acids is 2. The van der Waals surface area contributed by atoms with Gasteiger partial charge in [0.2, 0.25) is 11.8 Å². The lowest BCUT2D eigenvalue weighted by Gasteiger charge is -2.31. The van der Waals surface area contributed by atoms with Crippen molar-refractivity contribution < 1.29 is 23.8 Å². The van der Waals surface area contributed by atoms with Crippen LogP contribution in [-0.4, -0.2) is 61.7 Å². The smallest absolute Gasteiger partial charge is 0.248 e. The van der Waals surface area contributed by atoms with Crippen molar-refractivity contribution in [2.24, 2.45) is 5.73 Å². The Labute approximate surface area is 160 Å². The van der Waals surface area contributed by atoms with E-state index in [-0.39, 0.29) is 18.9 Å². The van der Waals surface area contributed by atoms with Gasteiger partial charge in [0.15, 0.2) is 17.6 Å². The third-order valence-electron chi connectivity index (χ3n) is 4.25. The quantitative estimate of drug-likeness (QED) is 0.790. The standard InChI is InChI=1S/C18H21N3O5S/c1-24-13-4-3-11(7-14(13)25-2)18-20-12(10-27-18)8-16(22)21-5-6-26-15(9-21)17(19)23/h3-4,7,10,15H,5-6,8-9H2,1-2H3,(H2,19,23). The number of hydrogen-bond acceptors (Lipinski definition) is 7. The minimum atomic E-state index is -0.750. The molecule has 144 valence electrons. The number of nitrogens with zero attached hydrogens (tertiary/aromatic N) is 2. The second-order valence-corrected chi connectivity index (χ2v) is 6.85. The van der Waals surface area contributed by atoms with E-state index in [1.54, 1.807) is 19.1 Å². The molecule has 1 unspecified atom stereocenters. The Morgan fingerprint density at radius 3 is 2.81 bits per heavy atom. The molecule has 0 radical (unpaired) electrons. The van der Waals surface area contributed by atoms with Crippen molar-refractivity contribution in [3.8, 4) is 22.1 Å². The highest BCUT2D eigenvalue weighted by Crippen LogP contribution is 2.33. The molecule has 1 atom stereocenters. The molecule has 0 spiro atoms. The molecule has 2 heterocycles. The Bertz CT molecular complexity index is 838. The molecular weight excluding hydrogens is 370 g/mol. The maximum atomic E-state index is 12.5. The Morgan fingerprint density at radius 1 is 1.33 bits per heavy atom. The van der Waals surface area contributed by atoms with Gasteiger partial charge in [-0.25, -0.2) is 4.98 Å². The molecular formula is C18H21N3O5S. The first-order valence-corrected chi connectivity index (χ1v) is 9.25. The fourth-order valence-corrected chi connectivity index (χ4v) is 3.62. The number of primary amides is 1. The molecule has 0 saturated carbocycles. The summed E-state index contributed by atoms with van der Waals surface area (Å²) in [5.41, 5.74) is 6.83. The third-order valence-corrected chi connectivity index (χ3v) is 5.19. The molecule has 2 N–H and O–H groups in total. The summed E-state index contributed by atoms with van der Waals surface area (Å²) in [4.78, 5) is 29.9. The molecule has 2 amide bonds. The van der Waals surface area contributed by atoms with Crippen molar-refractivity contribution in [3.63, 3.8) is 0 Å². The molecule has 8 nitrogen and oxygen atoms in total. The summed E-state index contributed by atoms with van der Waals surface area (Å²) in [6.45, 7) is 0.920. The topological polar surface area (TPSA) is 104 Å². The van der Waals surface area contributed by atoms with Crippen LogP contribution in [0.3, 0.4) is 0 Å². The van der Waals surface area contributed by atoms with Crippen LogP contribution in [-0.2, 0) is 20.7 Å². The van der Waals surface area contributed by atoms with Gasteiger partial charge >= 0.3 is 0 Å². The molecule has 1 fully saturated rings. The highest BCUT2D eigenvalue weighted by Gasteiger charge is 2.28. The average Bonchev–Trinajstić information content (AvgIpc) is 3.15. The van der Waals surface area contributed by atoms with Gasteiger partial charge in [-0.3, -0.25) is 9.59 Å². The molecule has 0 bridgehead atoms. The van der Waals surface area contributed by atoms with Crippen LogP contribution in [0.15, 0.2) is 23.6 Å². The van der Waals surface area contributed by atoms with Crippen LogP contribution in [0, 0.1) is 0 Å². The minimum Gasteiger partial charge on any atom is -0.493 e. The van der Waals surface area contributed by atoms with E-state index in [0.717, 1.165) is 10.6 Å². The van der Waals surface area contributed by atoms with Crippen molar-refractivity contribution in [3.05, 3.63) is 29.3 Å². The van der Waals surface area contributed by atoms with Gasteiger partial charge in [0, 0.05) is 17.5 Å². The second-order valence-electron chi connectivity index (χ2n) is 5.99. The number of thiazole rings is 1. The summed E-state index contributed by atoms with van der Waals surface area (Å²) < 4.78 is 15.8. The van der Waals surface area contributed by atoms with Gasteiger partial charge in [0.05, 0.1) is 39.5 Å². The predicted octanol–water partition coefficient (Wildman–Crippen LogP) is 1.08. The Kier molecular flexibility index (Phi) is 5.92. The lowest BCUT2D eigenvalue weighted by molar-refractivity contribution is -0.145. The van der Waals surface area contributed by atoms with Gasteiger partial charge < -0.3 is 24.8 Å². The first-order valence-electron chi connectivity index (χ1n) is 8.37. The SMILES string of the molecule is COc1ccc(-c2nc(CC(=O)N3CCOC(C(N)=O)C3)cs2)cc1OC. The van der Waals surface area contributed by atoms with E-state index in [1.807, 2.05) is 23.6 Å². The van der Waals surface area contributed by atoms with Gasteiger partial charge in [-0.1, -0.05) is 0 Å². The Balaban J connectivity index is 1.69. The van der Waals surface area contributed by atoms with E-state index in [2.05, 4.69) is 4.98 Å². The average molecular weight is 391 g/mol. The van der Waals surface area contributed by atoms with Crippen molar-refractivity contribution >= 4 is 23.2 Å². The minimum absolute atomic E-state index is 0.103. The van der Waals surface area contributed by atoms with Crippen LogP contribution >= 0.6 is 11.3 Å². The summed E-state index contributed by atoms with van der Waals surface area (Å²) >= 11 is 1.45. The third kappa shape index (κ3) is 4.37. The Morgan fingerprint density at radius 2 is 2.11 bits per heavy atom. The molecule has 0 aliphatic carbocycles. The number of rotatable bonds is 6. The largest absolute Gasteiger partial charge is 0.493 e. The van der Waals surface area contributed by atoms with Crippen LogP contribution in [0.5, 0.6) is 11.5 Å². The van der Waals surface area contributed by atoms with Gasteiger partial charge in [0.25, 0.3) is 0 Å². The lowest BCUT2D eigenvalue weighted by atomic mass is 10.2. The van der Waals surface area contributed by atoms with Crippen molar-refractivity contribution in [1.82, 2.24) is 9.88 Å². The van der Waals surface area contributed by atoms with Crippen LogP contribution in [0.1, 0.15) is 5.69 Å². The van der Waals surface area contributed by atoms with Gasteiger partial charge in [0.1, 0.15) is 5.01 Å². The molecule has 1 aromatic carbocycles. The number of hydrogen-bond donors (Lipinski definition) is 1.